The molecule has 12 heavy (non-hydrogen) atoms. The van der Waals surface area contributed by atoms with E-state index < -0.39 is 0 Å². The van der Waals surface area contributed by atoms with Crippen LogP contribution in [0.1, 0.15) is 17.2 Å². The van der Waals surface area contributed by atoms with Gasteiger partial charge in [0, 0.05) is 5.75 Å². The van der Waals surface area contributed by atoms with Gasteiger partial charge in [0.15, 0.2) is 0 Å². The van der Waals surface area contributed by atoms with Gasteiger partial charge in [-0.05, 0) is 17.5 Å². The lowest BCUT2D eigenvalue weighted by Crippen LogP contribution is -2.17. The summed E-state index contributed by atoms with van der Waals surface area (Å²) >= 11 is 4.26. The Morgan fingerprint density at radius 3 is 3.08 bits per heavy atom. The molecule has 0 amide bonds. The number of hydrogen-bond acceptors (Lipinski definition) is 2. The van der Waals surface area contributed by atoms with Crippen LogP contribution >= 0.6 is 12.6 Å². The molecule has 1 aliphatic heterocycles. The molecule has 64 valence electrons. The average molecular weight is 180 g/mol. The van der Waals surface area contributed by atoms with Gasteiger partial charge in [-0.1, -0.05) is 24.3 Å². The highest BCUT2D eigenvalue weighted by Crippen LogP contribution is 2.27. The van der Waals surface area contributed by atoms with Crippen LogP contribution in [0, 0.1) is 0 Å². The maximum atomic E-state index is 5.58. The maximum Gasteiger partial charge on any atom is 0.0915 e. The number of hydrogen-bond donors (Lipinski definition) is 1. The number of fused-ring (bicyclic) bond motifs is 1. The Labute approximate surface area is 78.2 Å². The van der Waals surface area contributed by atoms with Crippen molar-refractivity contribution in [2.75, 3.05) is 12.4 Å². The lowest BCUT2D eigenvalue weighted by atomic mass is 9.99. The first-order valence-corrected chi connectivity index (χ1v) is 4.85. The molecule has 1 aromatic carbocycles. The van der Waals surface area contributed by atoms with E-state index in [-0.39, 0.29) is 6.10 Å². The summed E-state index contributed by atoms with van der Waals surface area (Å²) in [5.74, 6) is 0.775. The summed E-state index contributed by atoms with van der Waals surface area (Å²) in [4.78, 5) is 0. The third kappa shape index (κ3) is 1.37. The second-order valence-electron chi connectivity index (χ2n) is 2.99. The van der Waals surface area contributed by atoms with Gasteiger partial charge in [-0.2, -0.15) is 12.6 Å². The fourth-order valence-corrected chi connectivity index (χ4v) is 1.93. The van der Waals surface area contributed by atoms with Crippen LogP contribution in [-0.2, 0) is 11.2 Å². The van der Waals surface area contributed by atoms with E-state index in [2.05, 4.69) is 36.9 Å². The molecule has 1 aliphatic rings. The first-order chi connectivity index (χ1) is 5.92. The highest BCUT2D eigenvalue weighted by molar-refractivity contribution is 7.80. The van der Waals surface area contributed by atoms with E-state index >= 15 is 0 Å². The van der Waals surface area contributed by atoms with Gasteiger partial charge >= 0.3 is 0 Å². The third-order valence-electron chi connectivity index (χ3n) is 2.26. The minimum absolute atomic E-state index is 0.207. The summed E-state index contributed by atoms with van der Waals surface area (Å²) in [6, 6.07) is 8.45. The minimum Gasteiger partial charge on any atom is -0.372 e. The summed E-state index contributed by atoms with van der Waals surface area (Å²) < 4.78 is 5.58. The Morgan fingerprint density at radius 2 is 2.25 bits per heavy atom. The molecule has 0 unspecified atom stereocenters. The van der Waals surface area contributed by atoms with Crippen LogP contribution in [0.5, 0.6) is 0 Å². The molecule has 1 aromatic rings. The molecule has 2 rings (SSSR count). The molecule has 0 bridgehead atoms. The van der Waals surface area contributed by atoms with Crippen molar-refractivity contribution >= 4 is 12.6 Å². The van der Waals surface area contributed by atoms with E-state index in [4.69, 9.17) is 4.74 Å². The van der Waals surface area contributed by atoms with E-state index in [0.717, 1.165) is 18.8 Å². The van der Waals surface area contributed by atoms with Crippen LogP contribution in [0.25, 0.3) is 0 Å². The van der Waals surface area contributed by atoms with Crippen molar-refractivity contribution in [3.63, 3.8) is 0 Å². The summed E-state index contributed by atoms with van der Waals surface area (Å²) in [5.41, 5.74) is 2.74. The van der Waals surface area contributed by atoms with Gasteiger partial charge in [0.05, 0.1) is 12.7 Å². The van der Waals surface area contributed by atoms with Crippen molar-refractivity contribution in [2.45, 2.75) is 12.5 Å². The average Bonchev–Trinajstić information content (AvgIpc) is 2.17. The van der Waals surface area contributed by atoms with Crippen molar-refractivity contribution in [1.82, 2.24) is 0 Å². The summed E-state index contributed by atoms with van der Waals surface area (Å²) in [7, 11) is 0. The number of thiol groups is 1. The molecule has 0 saturated carbocycles. The van der Waals surface area contributed by atoms with Crippen LogP contribution in [0.2, 0.25) is 0 Å². The summed E-state index contributed by atoms with van der Waals surface area (Å²) in [5, 5.41) is 0. The monoisotopic (exact) mass is 180 g/mol. The number of benzene rings is 1. The molecule has 0 aromatic heterocycles. The second-order valence-corrected chi connectivity index (χ2v) is 3.36. The van der Waals surface area contributed by atoms with Crippen LogP contribution in [0.15, 0.2) is 24.3 Å². The zero-order valence-corrected chi connectivity index (χ0v) is 7.76. The molecule has 0 aliphatic carbocycles. The first kappa shape index (κ1) is 8.14. The largest absolute Gasteiger partial charge is 0.372 e. The van der Waals surface area contributed by atoms with Crippen LogP contribution < -0.4 is 0 Å². The normalized spacial score (nSPS) is 21.9. The molecule has 0 N–H and O–H groups in total. The zero-order chi connectivity index (χ0) is 8.39. The second kappa shape index (κ2) is 3.50. The molecule has 2 heteroatoms. The SMILES string of the molecule is SC[C@@H]1OCCc2ccccc21. The topological polar surface area (TPSA) is 9.23 Å². The molecule has 1 nitrogen and oxygen atoms in total. The molecule has 0 spiro atoms. The smallest absolute Gasteiger partial charge is 0.0915 e. The van der Waals surface area contributed by atoms with Crippen molar-refractivity contribution in [3.05, 3.63) is 35.4 Å². The Morgan fingerprint density at radius 1 is 1.42 bits per heavy atom. The summed E-state index contributed by atoms with van der Waals surface area (Å²) in [6.45, 7) is 0.836. The van der Waals surface area contributed by atoms with Crippen LogP contribution in [0.4, 0.5) is 0 Å². The number of rotatable bonds is 1. The zero-order valence-electron chi connectivity index (χ0n) is 6.86. The van der Waals surface area contributed by atoms with Gasteiger partial charge in [0.25, 0.3) is 0 Å². The van der Waals surface area contributed by atoms with Gasteiger partial charge in [0.1, 0.15) is 0 Å². The van der Waals surface area contributed by atoms with Crippen molar-refractivity contribution < 1.29 is 4.74 Å². The van der Waals surface area contributed by atoms with E-state index in [1.54, 1.807) is 0 Å². The molecular formula is C10H12OS. The Balaban J connectivity index is 2.37. The van der Waals surface area contributed by atoms with Gasteiger partial charge in [-0.25, -0.2) is 0 Å². The molecule has 0 radical (unpaired) electrons. The Bertz CT molecular complexity index is 272. The van der Waals surface area contributed by atoms with Crippen molar-refractivity contribution in [2.24, 2.45) is 0 Å². The summed E-state index contributed by atoms with van der Waals surface area (Å²) in [6.07, 6.45) is 1.25. The molecule has 1 atom stereocenters. The highest BCUT2D eigenvalue weighted by Gasteiger charge is 2.18. The quantitative estimate of drug-likeness (QED) is 0.652. The van der Waals surface area contributed by atoms with Gasteiger partial charge in [0.2, 0.25) is 0 Å². The van der Waals surface area contributed by atoms with E-state index in [1.807, 2.05) is 0 Å². The van der Waals surface area contributed by atoms with E-state index in [0.29, 0.717) is 0 Å². The third-order valence-corrected chi connectivity index (χ3v) is 2.59. The minimum atomic E-state index is 0.207. The van der Waals surface area contributed by atoms with Crippen molar-refractivity contribution in [3.8, 4) is 0 Å². The van der Waals surface area contributed by atoms with Crippen LogP contribution in [0.3, 0.4) is 0 Å². The molecule has 1 heterocycles. The van der Waals surface area contributed by atoms with Gasteiger partial charge < -0.3 is 4.74 Å². The predicted molar refractivity (Wildman–Crippen MR) is 52.7 cm³/mol. The van der Waals surface area contributed by atoms with Crippen LogP contribution in [-0.4, -0.2) is 12.4 Å². The van der Waals surface area contributed by atoms with Gasteiger partial charge in [-0.15, -0.1) is 0 Å². The van der Waals surface area contributed by atoms with E-state index in [9.17, 15) is 0 Å². The standard InChI is InChI=1S/C10H12OS/c12-7-10-9-4-2-1-3-8(9)5-6-11-10/h1-4,10,12H,5-7H2/t10-/m0/s1. The lowest BCUT2D eigenvalue weighted by Gasteiger charge is -2.24. The Kier molecular flexibility index (Phi) is 2.38. The molecular weight excluding hydrogens is 168 g/mol. The van der Waals surface area contributed by atoms with E-state index in [1.165, 1.54) is 11.1 Å². The van der Waals surface area contributed by atoms with Crippen molar-refractivity contribution in [1.29, 1.82) is 0 Å². The fourth-order valence-electron chi connectivity index (χ4n) is 1.63. The Hall–Kier alpha value is -0.470. The fraction of sp³-hybridized carbons (Fsp3) is 0.400. The first-order valence-electron chi connectivity index (χ1n) is 4.22. The highest BCUT2D eigenvalue weighted by atomic mass is 32.1. The molecule has 0 saturated heterocycles. The lowest BCUT2D eigenvalue weighted by molar-refractivity contribution is 0.0590. The predicted octanol–water partition coefficient (Wildman–Crippen LogP) is 2.23. The molecule has 0 fully saturated rings. The maximum absolute atomic E-state index is 5.58. The van der Waals surface area contributed by atoms with Gasteiger partial charge in [-0.3, -0.25) is 0 Å². The number of ether oxygens (including phenoxy) is 1.